The molecule has 8 heteroatoms. The predicted octanol–water partition coefficient (Wildman–Crippen LogP) is 5.67. The van der Waals surface area contributed by atoms with Gasteiger partial charge in [-0.25, -0.2) is 0 Å². The lowest BCUT2D eigenvalue weighted by molar-refractivity contribution is -0.140. The fourth-order valence-electron chi connectivity index (χ4n) is 3.47. The van der Waals surface area contributed by atoms with Gasteiger partial charge in [0.2, 0.25) is 11.8 Å². The standard InChI is InChI=1S/C26H34Cl2N2O4/c1-6-33-23-12-8-19(14-24(23)34-7-2)9-13-25(31)30(18(5)26(32)29-17(3)4)16-20-10-11-21(27)15-22(20)28/h8,10-12,14-15,17-18H,6-7,9,13,16H2,1-5H3,(H,29,32)/t18-/m1/s1. The maximum absolute atomic E-state index is 13.3. The molecule has 34 heavy (non-hydrogen) atoms. The largest absolute Gasteiger partial charge is 0.490 e. The van der Waals surface area contributed by atoms with Crippen LogP contribution in [-0.2, 0) is 22.6 Å². The minimum absolute atomic E-state index is 0.0353. The molecule has 0 unspecified atom stereocenters. The van der Waals surface area contributed by atoms with Gasteiger partial charge in [0.25, 0.3) is 0 Å². The van der Waals surface area contributed by atoms with Crippen LogP contribution in [0, 0.1) is 0 Å². The molecular formula is C26H34Cl2N2O4. The molecule has 2 rings (SSSR count). The number of rotatable bonds is 12. The molecule has 0 saturated carbocycles. The first-order valence-corrected chi connectivity index (χ1v) is 12.3. The fraction of sp³-hybridized carbons (Fsp3) is 0.462. The van der Waals surface area contributed by atoms with E-state index in [9.17, 15) is 9.59 Å². The number of halogens is 2. The minimum atomic E-state index is -0.666. The zero-order valence-electron chi connectivity index (χ0n) is 20.5. The van der Waals surface area contributed by atoms with E-state index in [0.717, 1.165) is 11.1 Å². The molecule has 0 aliphatic carbocycles. The first-order chi connectivity index (χ1) is 16.2. The molecule has 186 valence electrons. The number of benzene rings is 2. The second-order valence-corrected chi connectivity index (χ2v) is 9.09. The second-order valence-electron chi connectivity index (χ2n) is 8.24. The highest BCUT2D eigenvalue weighted by atomic mass is 35.5. The summed E-state index contributed by atoms with van der Waals surface area (Å²) >= 11 is 12.4. The number of carbonyl (C=O) groups excluding carboxylic acids is 2. The highest BCUT2D eigenvalue weighted by Gasteiger charge is 2.27. The Morgan fingerprint density at radius 3 is 2.26 bits per heavy atom. The first-order valence-electron chi connectivity index (χ1n) is 11.6. The van der Waals surface area contributed by atoms with Crippen LogP contribution in [0.2, 0.25) is 10.0 Å². The number of hydrogen-bond acceptors (Lipinski definition) is 4. The predicted molar refractivity (Wildman–Crippen MR) is 137 cm³/mol. The Balaban J connectivity index is 2.22. The van der Waals surface area contributed by atoms with E-state index in [1.807, 2.05) is 45.9 Å². The first kappa shape index (κ1) is 27.8. The highest BCUT2D eigenvalue weighted by Crippen LogP contribution is 2.29. The van der Waals surface area contributed by atoms with Crippen molar-refractivity contribution in [3.05, 3.63) is 57.6 Å². The van der Waals surface area contributed by atoms with Gasteiger partial charge in [-0.2, -0.15) is 0 Å². The third kappa shape index (κ3) is 8.10. The number of nitrogens with zero attached hydrogens (tertiary/aromatic N) is 1. The molecule has 0 heterocycles. The van der Waals surface area contributed by atoms with Crippen molar-refractivity contribution in [1.29, 1.82) is 0 Å². The summed E-state index contributed by atoms with van der Waals surface area (Å²) in [5.41, 5.74) is 1.67. The smallest absolute Gasteiger partial charge is 0.242 e. The molecule has 0 saturated heterocycles. The van der Waals surface area contributed by atoms with E-state index < -0.39 is 6.04 Å². The van der Waals surface area contributed by atoms with E-state index in [1.165, 1.54) is 0 Å². The minimum Gasteiger partial charge on any atom is -0.490 e. The molecule has 0 aromatic heterocycles. The summed E-state index contributed by atoms with van der Waals surface area (Å²) in [6, 6.07) is 10.1. The van der Waals surface area contributed by atoms with Crippen LogP contribution in [0.4, 0.5) is 0 Å². The molecule has 2 aromatic rings. The Labute approximate surface area is 212 Å². The summed E-state index contributed by atoms with van der Waals surface area (Å²) in [6.45, 7) is 10.6. The van der Waals surface area contributed by atoms with Gasteiger partial charge < -0.3 is 19.7 Å². The Hall–Kier alpha value is -2.44. The van der Waals surface area contributed by atoms with Gasteiger partial charge in [-0.3, -0.25) is 9.59 Å². The lowest BCUT2D eigenvalue weighted by Crippen LogP contribution is -2.49. The van der Waals surface area contributed by atoms with Crippen molar-refractivity contribution in [3.8, 4) is 11.5 Å². The zero-order chi connectivity index (χ0) is 25.3. The Morgan fingerprint density at radius 2 is 1.65 bits per heavy atom. The van der Waals surface area contributed by atoms with Gasteiger partial charge in [0, 0.05) is 29.1 Å². The van der Waals surface area contributed by atoms with Crippen molar-refractivity contribution >= 4 is 35.0 Å². The summed E-state index contributed by atoms with van der Waals surface area (Å²) in [5.74, 6) is 0.971. The van der Waals surface area contributed by atoms with E-state index in [1.54, 1.807) is 30.0 Å². The molecule has 1 atom stereocenters. The van der Waals surface area contributed by atoms with Gasteiger partial charge >= 0.3 is 0 Å². The van der Waals surface area contributed by atoms with Crippen molar-refractivity contribution in [3.63, 3.8) is 0 Å². The lowest BCUT2D eigenvalue weighted by Gasteiger charge is -2.30. The molecule has 0 fully saturated rings. The van der Waals surface area contributed by atoms with E-state index >= 15 is 0 Å². The molecule has 1 N–H and O–H groups in total. The summed E-state index contributed by atoms with van der Waals surface area (Å²) in [6.07, 6.45) is 0.721. The molecule has 2 aromatic carbocycles. The van der Waals surface area contributed by atoms with Crippen LogP contribution in [0.1, 0.15) is 52.2 Å². The topological polar surface area (TPSA) is 67.9 Å². The molecular weight excluding hydrogens is 475 g/mol. The van der Waals surface area contributed by atoms with E-state index in [4.69, 9.17) is 32.7 Å². The average molecular weight is 509 g/mol. The van der Waals surface area contributed by atoms with Gasteiger partial charge in [0.1, 0.15) is 6.04 Å². The number of ether oxygens (including phenoxy) is 2. The lowest BCUT2D eigenvalue weighted by atomic mass is 10.1. The number of amides is 2. The van der Waals surface area contributed by atoms with Crippen LogP contribution in [0.5, 0.6) is 11.5 Å². The Kier molecular flexibility index (Phi) is 11.0. The summed E-state index contributed by atoms with van der Waals surface area (Å²) in [4.78, 5) is 27.6. The van der Waals surface area contributed by atoms with Crippen LogP contribution in [-0.4, -0.2) is 42.0 Å². The van der Waals surface area contributed by atoms with Crippen molar-refractivity contribution in [2.24, 2.45) is 0 Å². The summed E-state index contributed by atoms with van der Waals surface area (Å²) < 4.78 is 11.3. The van der Waals surface area contributed by atoms with Gasteiger partial charge in [0.05, 0.1) is 13.2 Å². The molecule has 6 nitrogen and oxygen atoms in total. The number of carbonyl (C=O) groups is 2. The highest BCUT2D eigenvalue weighted by molar-refractivity contribution is 6.35. The third-order valence-electron chi connectivity index (χ3n) is 5.19. The van der Waals surface area contributed by atoms with Crippen LogP contribution in [0.3, 0.4) is 0 Å². The number of nitrogens with one attached hydrogen (secondary N) is 1. The van der Waals surface area contributed by atoms with Gasteiger partial charge in [0.15, 0.2) is 11.5 Å². The second kappa shape index (κ2) is 13.4. The van der Waals surface area contributed by atoms with Crippen molar-refractivity contribution in [1.82, 2.24) is 10.2 Å². The summed E-state index contributed by atoms with van der Waals surface area (Å²) in [7, 11) is 0. The van der Waals surface area contributed by atoms with Crippen molar-refractivity contribution < 1.29 is 19.1 Å². The van der Waals surface area contributed by atoms with Crippen LogP contribution >= 0.6 is 23.2 Å². The Morgan fingerprint density at radius 1 is 0.971 bits per heavy atom. The van der Waals surface area contributed by atoms with E-state index in [0.29, 0.717) is 41.2 Å². The molecule has 0 aliphatic rings. The van der Waals surface area contributed by atoms with Gasteiger partial charge in [-0.1, -0.05) is 35.3 Å². The maximum atomic E-state index is 13.3. The summed E-state index contributed by atoms with van der Waals surface area (Å²) in [5, 5.41) is 3.85. The molecule has 0 radical (unpaired) electrons. The van der Waals surface area contributed by atoms with Crippen LogP contribution in [0.15, 0.2) is 36.4 Å². The molecule has 0 bridgehead atoms. The Bertz CT molecular complexity index is 981. The van der Waals surface area contributed by atoms with Gasteiger partial charge in [-0.15, -0.1) is 0 Å². The van der Waals surface area contributed by atoms with E-state index in [2.05, 4.69) is 5.32 Å². The number of aryl methyl sites for hydroxylation is 1. The van der Waals surface area contributed by atoms with E-state index in [-0.39, 0.29) is 30.8 Å². The average Bonchev–Trinajstić information content (AvgIpc) is 2.78. The van der Waals surface area contributed by atoms with Crippen molar-refractivity contribution in [2.75, 3.05) is 13.2 Å². The normalized spacial score (nSPS) is 11.8. The molecule has 2 amide bonds. The SMILES string of the molecule is CCOc1ccc(CCC(=O)N(Cc2ccc(Cl)cc2Cl)[C@H](C)C(=O)NC(C)C)cc1OCC. The molecule has 0 aliphatic heterocycles. The number of hydrogen-bond donors (Lipinski definition) is 1. The maximum Gasteiger partial charge on any atom is 0.242 e. The quantitative estimate of drug-likeness (QED) is 0.401. The van der Waals surface area contributed by atoms with Crippen LogP contribution < -0.4 is 14.8 Å². The van der Waals surface area contributed by atoms with Crippen molar-refractivity contribution in [2.45, 2.75) is 66.1 Å². The third-order valence-corrected chi connectivity index (χ3v) is 5.78. The molecule has 0 spiro atoms. The van der Waals surface area contributed by atoms with Crippen LogP contribution in [0.25, 0.3) is 0 Å². The zero-order valence-corrected chi connectivity index (χ0v) is 22.0. The monoisotopic (exact) mass is 508 g/mol. The van der Waals surface area contributed by atoms with Gasteiger partial charge in [-0.05, 0) is 76.4 Å². The fourth-order valence-corrected chi connectivity index (χ4v) is 3.94.